The topological polar surface area (TPSA) is 26.3 Å². The normalized spacial score (nSPS) is 13.3. The Balaban J connectivity index is 4.58. The van der Waals surface area contributed by atoms with Crippen molar-refractivity contribution in [2.24, 2.45) is 0 Å². The van der Waals surface area contributed by atoms with E-state index < -0.39 is 42.1 Å². The number of carbonyl (C=O) groups is 1. The molecule has 0 saturated heterocycles. The van der Waals surface area contributed by atoms with Crippen molar-refractivity contribution in [3.05, 3.63) is 11.6 Å². The van der Waals surface area contributed by atoms with E-state index in [1.54, 1.807) is 0 Å². The van der Waals surface area contributed by atoms with Crippen LogP contribution in [0.1, 0.15) is 6.42 Å². The molecule has 10 heteroatoms. The lowest BCUT2D eigenvalue weighted by Crippen LogP contribution is -2.52. The third-order valence-electron chi connectivity index (χ3n) is 1.69. The molecule has 0 radical (unpaired) electrons. The SMILES string of the molecule is C=C(Cl)C(=O)OCCC(F)(F)C(F)(F)C(F)(F)F. The predicted molar refractivity (Wildman–Crippen MR) is 46.5 cm³/mol. The Hall–Kier alpha value is -0.990. The summed E-state index contributed by atoms with van der Waals surface area (Å²) in [5.41, 5.74) is 0. The predicted octanol–water partition coefficient (Wildman–Crippen LogP) is 3.51. The molecule has 0 rings (SSSR count). The van der Waals surface area contributed by atoms with Crippen LogP contribution in [0, 0.1) is 0 Å². The Morgan fingerprint density at radius 1 is 1.11 bits per heavy atom. The van der Waals surface area contributed by atoms with Crippen molar-refractivity contribution < 1.29 is 40.3 Å². The molecule has 0 aliphatic rings. The molecule has 0 saturated carbocycles. The van der Waals surface area contributed by atoms with Crippen LogP contribution < -0.4 is 0 Å². The maximum atomic E-state index is 12.6. The van der Waals surface area contributed by atoms with E-state index in [4.69, 9.17) is 11.6 Å². The zero-order valence-electron chi connectivity index (χ0n) is 8.46. The molecule has 0 aromatic carbocycles. The molecule has 18 heavy (non-hydrogen) atoms. The van der Waals surface area contributed by atoms with Crippen molar-refractivity contribution in [3.63, 3.8) is 0 Å². The summed E-state index contributed by atoms with van der Waals surface area (Å²) in [4.78, 5) is 10.6. The fraction of sp³-hybridized carbons (Fsp3) is 0.625. The van der Waals surface area contributed by atoms with Crippen LogP contribution in [0.3, 0.4) is 0 Å². The highest BCUT2D eigenvalue weighted by Crippen LogP contribution is 2.47. The summed E-state index contributed by atoms with van der Waals surface area (Å²) in [6.45, 7) is 1.48. The number of carbonyl (C=O) groups excluding carboxylic acids is 1. The average Bonchev–Trinajstić information content (AvgIpc) is 2.14. The van der Waals surface area contributed by atoms with E-state index >= 15 is 0 Å². The van der Waals surface area contributed by atoms with Crippen LogP contribution in [0.25, 0.3) is 0 Å². The van der Waals surface area contributed by atoms with Crippen molar-refractivity contribution in [2.75, 3.05) is 6.61 Å². The second kappa shape index (κ2) is 5.33. The number of halogens is 8. The van der Waals surface area contributed by atoms with Gasteiger partial charge in [0.1, 0.15) is 5.03 Å². The fourth-order valence-electron chi connectivity index (χ4n) is 0.715. The summed E-state index contributed by atoms with van der Waals surface area (Å²) >= 11 is 4.96. The van der Waals surface area contributed by atoms with Gasteiger partial charge in [0.25, 0.3) is 0 Å². The number of rotatable bonds is 5. The van der Waals surface area contributed by atoms with E-state index in [0.717, 1.165) is 0 Å². The van der Waals surface area contributed by atoms with Gasteiger partial charge < -0.3 is 4.74 Å². The number of hydrogen-bond acceptors (Lipinski definition) is 2. The molecule has 0 fully saturated rings. The molecule has 0 atom stereocenters. The average molecular weight is 303 g/mol. The first-order valence-corrected chi connectivity index (χ1v) is 4.54. The molecule has 0 aromatic rings. The third-order valence-corrected chi connectivity index (χ3v) is 1.84. The number of ether oxygens (including phenoxy) is 1. The summed E-state index contributed by atoms with van der Waals surface area (Å²) in [7, 11) is 0. The van der Waals surface area contributed by atoms with Crippen LogP contribution in [0.5, 0.6) is 0 Å². The van der Waals surface area contributed by atoms with E-state index in [2.05, 4.69) is 11.3 Å². The van der Waals surface area contributed by atoms with Gasteiger partial charge in [0.15, 0.2) is 0 Å². The summed E-state index contributed by atoms with van der Waals surface area (Å²) in [5.74, 6) is -13.0. The molecule has 0 heterocycles. The molecule has 2 nitrogen and oxygen atoms in total. The highest BCUT2D eigenvalue weighted by atomic mass is 35.5. The number of hydrogen-bond donors (Lipinski definition) is 0. The zero-order valence-corrected chi connectivity index (χ0v) is 9.22. The van der Waals surface area contributed by atoms with Gasteiger partial charge in [-0.15, -0.1) is 0 Å². The van der Waals surface area contributed by atoms with Crippen molar-refractivity contribution in [3.8, 4) is 0 Å². The van der Waals surface area contributed by atoms with E-state index in [9.17, 15) is 35.5 Å². The largest absolute Gasteiger partial charge is 0.461 e. The smallest absolute Gasteiger partial charge is 0.459 e. The minimum atomic E-state index is -6.41. The van der Waals surface area contributed by atoms with Gasteiger partial charge in [0.2, 0.25) is 0 Å². The number of alkyl halides is 7. The Morgan fingerprint density at radius 2 is 1.56 bits per heavy atom. The molecule has 0 unspecified atom stereocenters. The highest BCUT2D eigenvalue weighted by molar-refractivity contribution is 6.40. The molecule has 0 bridgehead atoms. The van der Waals surface area contributed by atoms with Gasteiger partial charge in [-0.2, -0.15) is 30.7 Å². The molecule has 0 N–H and O–H groups in total. The van der Waals surface area contributed by atoms with Crippen molar-refractivity contribution >= 4 is 17.6 Å². The summed E-state index contributed by atoms with van der Waals surface area (Å²) < 4.78 is 88.8. The van der Waals surface area contributed by atoms with Crippen LogP contribution in [-0.4, -0.2) is 30.6 Å². The van der Waals surface area contributed by atoms with Gasteiger partial charge in [0.05, 0.1) is 13.0 Å². The molecular formula is C8H6ClF7O2. The van der Waals surface area contributed by atoms with Crippen LogP contribution in [-0.2, 0) is 9.53 Å². The maximum Gasteiger partial charge on any atom is 0.459 e. The first-order valence-electron chi connectivity index (χ1n) is 4.17. The Kier molecular flexibility index (Phi) is 5.04. The van der Waals surface area contributed by atoms with E-state index in [-0.39, 0.29) is 0 Å². The first-order chi connectivity index (χ1) is 7.83. The third kappa shape index (κ3) is 3.76. The molecule has 0 aromatic heterocycles. The standard InChI is InChI=1S/C8H6ClF7O2/c1-4(9)5(17)18-3-2-6(10,11)7(12,13)8(14,15)16/h1-3H2. The molecule has 0 aliphatic carbocycles. The molecule has 0 spiro atoms. The van der Waals surface area contributed by atoms with Gasteiger partial charge in [-0.1, -0.05) is 18.2 Å². The fourth-order valence-corrected chi connectivity index (χ4v) is 0.769. The van der Waals surface area contributed by atoms with Gasteiger partial charge >= 0.3 is 24.0 Å². The minimum absolute atomic E-state index is 0.721. The van der Waals surface area contributed by atoms with Crippen molar-refractivity contribution in [1.29, 1.82) is 0 Å². The molecule has 0 aliphatic heterocycles. The Labute approximate surface area is 101 Å². The minimum Gasteiger partial charge on any atom is -0.461 e. The van der Waals surface area contributed by atoms with Crippen LogP contribution >= 0.6 is 11.6 Å². The van der Waals surface area contributed by atoms with Crippen molar-refractivity contribution in [1.82, 2.24) is 0 Å². The van der Waals surface area contributed by atoms with Crippen LogP contribution in [0.2, 0.25) is 0 Å². The van der Waals surface area contributed by atoms with E-state index in [1.807, 2.05) is 0 Å². The van der Waals surface area contributed by atoms with Gasteiger partial charge in [0, 0.05) is 0 Å². The highest BCUT2D eigenvalue weighted by Gasteiger charge is 2.72. The molecule has 0 amide bonds. The van der Waals surface area contributed by atoms with Crippen LogP contribution in [0.15, 0.2) is 11.6 Å². The zero-order chi connectivity index (χ0) is 14.8. The lowest BCUT2D eigenvalue weighted by molar-refractivity contribution is -0.356. The van der Waals surface area contributed by atoms with E-state index in [1.165, 1.54) is 0 Å². The summed E-state index contributed by atoms with van der Waals surface area (Å²) in [6.07, 6.45) is -8.41. The van der Waals surface area contributed by atoms with Crippen LogP contribution in [0.4, 0.5) is 30.7 Å². The van der Waals surface area contributed by atoms with Crippen molar-refractivity contribution in [2.45, 2.75) is 24.4 Å². The second-order valence-corrected chi connectivity index (χ2v) is 3.52. The van der Waals surface area contributed by atoms with Gasteiger partial charge in [-0.25, -0.2) is 4.79 Å². The lowest BCUT2D eigenvalue weighted by Gasteiger charge is -2.27. The van der Waals surface area contributed by atoms with Gasteiger partial charge in [-0.05, 0) is 0 Å². The molecule has 106 valence electrons. The summed E-state index contributed by atoms with van der Waals surface area (Å²) in [5, 5.41) is -0.721. The Bertz CT molecular complexity index is 337. The monoisotopic (exact) mass is 302 g/mol. The summed E-state index contributed by atoms with van der Waals surface area (Å²) in [6, 6.07) is 0. The van der Waals surface area contributed by atoms with Gasteiger partial charge in [-0.3, -0.25) is 0 Å². The second-order valence-electron chi connectivity index (χ2n) is 3.07. The lowest BCUT2D eigenvalue weighted by atomic mass is 10.1. The molecular weight excluding hydrogens is 297 g/mol. The quantitative estimate of drug-likeness (QED) is 0.441. The number of esters is 1. The Morgan fingerprint density at radius 3 is 1.89 bits per heavy atom. The first kappa shape index (κ1) is 17.0. The van der Waals surface area contributed by atoms with E-state index in [0.29, 0.717) is 0 Å². The maximum absolute atomic E-state index is 12.6.